The largest absolute Gasteiger partial charge is 0.387 e. The van der Waals surface area contributed by atoms with Gasteiger partial charge in [-0.25, -0.2) is 0 Å². The molecule has 1 fully saturated rings. The van der Waals surface area contributed by atoms with Gasteiger partial charge >= 0.3 is 15.2 Å². The number of hydrogen-bond acceptors (Lipinski definition) is 12. The highest BCUT2D eigenvalue weighted by molar-refractivity contribution is 7.70. The molecule has 3 aromatic rings. The second-order valence-electron chi connectivity index (χ2n) is 7.93. The average molecular weight is 599 g/mol. The number of aromatic nitrogens is 5. The zero-order valence-corrected chi connectivity index (χ0v) is 22.3. The van der Waals surface area contributed by atoms with E-state index in [1.807, 2.05) is 12.1 Å². The Hall–Kier alpha value is -1.74. The van der Waals surface area contributed by atoms with Crippen LogP contribution in [0.1, 0.15) is 11.8 Å². The van der Waals surface area contributed by atoms with Crippen LogP contribution in [0.4, 0.5) is 5.82 Å². The topological polar surface area (TPSA) is 211 Å². The molecular formula is C18H22Cl2N6O9P2. The van der Waals surface area contributed by atoms with Crippen molar-refractivity contribution in [2.45, 2.75) is 31.1 Å². The Balaban J connectivity index is 1.53. The highest BCUT2D eigenvalue weighted by Crippen LogP contribution is 2.58. The van der Waals surface area contributed by atoms with Crippen molar-refractivity contribution in [2.24, 2.45) is 0 Å². The van der Waals surface area contributed by atoms with E-state index in [0.29, 0.717) is 5.02 Å². The summed E-state index contributed by atoms with van der Waals surface area (Å²) in [6, 6.07) is 7.17. The Bertz CT molecular complexity index is 1370. The third-order valence-electron chi connectivity index (χ3n) is 5.35. The lowest BCUT2D eigenvalue weighted by Crippen LogP contribution is -2.34. The Morgan fingerprint density at radius 2 is 1.89 bits per heavy atom. The molecule has 1 saturated heterocycles. The van der Waals surface area contributed by atoms with Gasteiger partial charge in [-0.05, 0) is 23.2 Å². The fourth-order valence-electron chi connectivity index (χ4n) is 3.55. The number of hydrogen-bond donors (Lipinski definition) is 5. The maximum atomic E-state index is 12.5. The van der Waals surface area contributed by atoms with Crippen LogP contribution in [0.2, 0.25) is 10.3 Å². The molecule has 3 heterocycles. The molecule has 0 amide bonds. The normalized spacial score (nSPS) is 23.9. The summed E-state index contributed by atoms with van der Waals surface area (Å²) in [5.41, 5.74) is 1.04. The first-order valence-corrected chi connectivity index (χ1v) is 14.8. The average Bonchev–Trinajstić information content (AvgIpc) is 3.36. The van der Waals surface area contributed by atoms with Crippen molar-refractivity contribution in [1.29, 1.82) is 0 Å². The van der Waals surface area contributed by atoms with Gasteiger partial charge in [0.15, 0.2) is 29.1 Å². The van der Waals surface area contributed by atoms with E-state index in [1.165, 1.54) is 0 Å². The first-order chi connectivity index (χ1) is 17.4. The maximum absolute atomic E-state index is 12.5. The molecule has 15 nitrogen and oxygen atoms in total. The van der Waals surface area contributed by atoms with E-state index in [2.05, 4.69) is 30.1 Å². The Kier molecular flexibility index (Phi) is 8.53. The standard InChI is InChI=1S/C18H22Cl2N6O9P2/c1-33-37(32,8-36(29,30)31)34-7-11-13(27)14(28)17(35-11)26-16-12(24-25-26)15(22-18(20)23-16)21-6-9-4-2-3-5-10(9)19/h2-5,11,13-14,17,27-28H,6-8H2,1H3,(H,21,22,23)(H2,29,30,31)/t11-,13-,14-,17-,37?/m1/s1. The highest BCUT2D eigenvalue weighted by Gasteiger charge is 2.46. The zero-order valence-electron chi connectivity index (χ0n) is 19.0. The summed E-state index contributed by atoms with van der Waals surface area (Å²) in [6.07, 6.45) is -5.70. The van der Waals surface area contributed by atoms with Gasteiger partial charge < -0.3 is 39.1 Å². The van der Waals surface area contributed by atoms with Crippen molar-refractivity contribution >= 4 is 55.4 Å². The molecule has 1 unspecified atom stereocenters. The number of ether oxygens (including phenoxy) is 1. The van der Waals surface area contributed by atoms with Gasteiger partial charge in [0.2, 0.25) is 5.28 Å². The van der Waals surface area contributed by atoms with E-state index in [4.69, 9.17) is 42.2 Å². The molecule has 0 bridgehead atoms. The highest BCUT2D eigenvalue weighted by atomic mass is 35.5. The summed E-state index contributed by atoms with van der Waals surface area (Å²) < 4.78 is 40.2. The second-order valence-corrected chi connectivity index (χ2v) is 13.0. The van der Waals surface area contributed by atoms with Crippen molar-refractivity contribution in [3.05, 3.63) is 40.1 Å². The number of benzene rings is 1. The van der Waals surface area contributed by atoms with E-state index >= 15 is 0 Å². The van der Waals surface area contributed by atoms with Crippen molar-refractivity contribution in [1.82, 2.24) is 25.0 Å². The number of anilines is 1. The molecule has 5 atom stereocenters. The molecule has 37 heavy (non-hydrogen) atoms. The van der Waals surface area contributed by atoms with Crippen molar-refractivity contribution < 1.29 is 42.9 Å². The van der Waals surface area contributed by atoms with Crippen LogP contribution in [0.5, 0.6) is 0 Å². The number of aliphatic hydroxyl groups excluding tert-OH is 2. The minimum Gasteiger partial charge on any atom is -0.387 e. The molecule has 202 valence electrons. The smallest absolute Gasteiger partial charge is 0.342 e. The molecule has 0 aliphatic carbocycles. The van der Waals surface area contributed by atoms with Gasteiger partial charge in [-0.1, -0.05) is 35.0 Å². The third-order valence-corrected chi connectivity index (χ3v) is 9.85. The van der Waals surface area contributed by atoms with Crippen LogP contribution in [0, 0.1) is 0 Å². The predicted molar refractivity (Wildman–Crippen MR) is 130 cm³/mol. The molecule has 5 N–H and O–H groups in total. The first-order valence-electron chi connectivity index (χ1n) is 10.5. The lowest BCUT2D eigenvalue weighted by atomic mass is 10.1. The minimum absolute atomic E-state index is 0.0727. The minimum atomic E-state index is -4.74. The Labute approximate surface area is 219 Å². The monoisotopic (exact) mass is 598 g/mol. The summed E-state index contributed by atoms with van der Waals surface area (Å²) in [5.74, 6) is -0.939. The van der Waals surface area contributed by atoms with Crippen LogP contribution in [-0.4, -0.2) is 82.9 Å². The van der Waals surface area contributed by atoms with Crippen LogP contribution in [-0.2, 0) is 29.5 Å². The van der Waals surface area contributed by atoms with E-state index < -0.39 is 52.2 Å². The summed E-state index contributed by atoms with van der Waals surface area (Å²) in [5, 5.41) is 32.5. The van der Waals surface area contributed by atoms with E-state index in [1.54, 1.807) is 12.1 Å². The van der Waals surface area contributed by atoms with Crippen molar-refractivity contribution in [3.63, 3.8) is 0 Å². The van der Waals surface area contributed by atoms with Crippen LogP contribution in [0.15, 0.2) is 24.3 Å². The fraction of sp³-hybridized carbons (Fsp3) is 0.444. The summed E-state index contributed by atoms with van der Waals surface area (Å²) in [6.45, 7) is -0.337. The molecule has 1 aromatic carbocycles. The number of fused-ring (bicyclic) bond motifs is 1. The van der Waals surface area contributed by atoms with Gasteiger partial charge in [-0.2, -0.15) is 14.6 Å². The lowest BCUT2D eigenvalue weighted by Gasteiger charge is -2.20. The Morgan fingerprint density at radius 3 is 2.57 bits per heavy atom. The van der Waals surface area contributed by atoms with Crippen LogP contribution in [0.3, 0.4) is 0 Å². The maximum Gasteiger partial charge on any atom is 0.342 e. The molecule has 1 aliphatic heterocycles. The zero-order chi connectivity index (χ0) is 27.0. The lowest BCUT2D eigenvalue weighted by molar-refractivity contribution is -0.0552. The summed E-state index contributed by atoms with van der Waals surface area (Å²) in [4.78, 5) is 26.4. The van der Waals surface area contributed by atoms with Crippen LogP contribution in [0.25, 0.3) is 11.2 Å². The molecule has 0 spiro atoms. The molecule has 1 aliphatic rings. The van der Waals surface area contributed by atoms with Gasteiger partial charge in [0.25, 0.3) is 0 Å². The van der Waals surface area contributed by atoms with Crippen molar-refractivity contribution in [2.75, 3.05) is 24.9 Å². The number of nitrogens with one attached hydrogen (secondary N) is 1. The SMILES string of the molecule is COP(=O)(CP(=O)(O)O)OC[C@H]1O[C@@H](n2nnc3c(NCc4ccccc4Cl)nc(Cl)nc32)[C@H](O)[C@@H]1O. The van der Waals surface area contributed by atoms with E-state index in [-0.39, 0.29) is 28.8 Å². The van der Waals surface area contributed by atoms with E-state index in [9.17, 15) is 19.3 Å². The predicted octanol–water partition coefficient (Wildman–Crippen LogP) is 1.75. The summed E-state index contributed by atoms with van der Waals surface area (Å²) in [7, 11) is -7.99. The molecular weight excluding hydrogens is 577 g/mol. The number of aliphatic hydroxyl groups is 2. The summed E-state index contributed by atoms with van der Waals surface area (Å²) >= 11 is 12.3. The Morgan fingerprint density at radius 1 is 1.16 bits per heavy atom. The molecule has 4 rings (SSSR count). The van der Waals surface area contributed by atoms with Gasteiger partial charge in [0, 0.05) is 18.7 Å². The quantitative estimate of drug-likeness (QED) is 0.166. The van der Waals surface area contributed by atoms with Gasteiger partial charge in [-0.15, -0.1) is 5.10 Å². The molecule has 2 aromatic heterocycles. The number of halogens is 2. The van der Waals surface area contributed by atoms with Gasteiger partial charge in [0.1, 0.15) is 18.3 Å². The van der Waals surface area contributed by atoms with Crippen molar-refractivity contribution in [3.8, 4) is 0 Å². The fourth-order valence-corrected chi connectivity index (χ4v) is 6.99. The number of rotatable bonds is 10. The molecule has 19 heteroatoms. The number of nitrogens with zero attached hydrogens (tertiary/aromatic N) is 5. The third kappa shape index (κ3) is 6.47. The van der Waals surface area contributed by atoms with E-state index in [0.717, 1.165) is 17.4 Å². The second kappa shape index (κ2) is 11.2. The first kappa shape index (κ1) is 28.3. The van der Waals surface area contributed by atoms with Gasteiger partial charge in [-0.3, -0.25) is 9.13 Å². The van der Waals surface area contributed by atoms with Gasteiger partial charge in [0.05, 0.1) is 6.61 Å². The molecule has 0 radical (unpaired) electrons. The van der Waals surface area contributed by atoms with Crippen LogP contribution >= 0.6 is 38.4 Å². The van der Waals surface area contributed by atoms with Crippen LogP contribution < -0.4 is 5.32 Å². The molecule has 0 saturated carbocycles.